The van der Waals surface area contributed by atoms with E-state index in [0.29, 0.717) is 16.7 Å². The van der Waals surface area contributed by atoms with Crippen LogP contribution in [0.5, 0.6) is 0 Å². The molecule has 0 aliphatic heterocycles. The molecule has 0 aromatic heterocycles. The van der Waals surface area contributed by atoms with Gasteiger partial charge in [0, 0.05) is 17.2 Å². The zero-order valence-corrected chi connectivity index (χ0v) is 12.5. The average Bonchev–Trinajstić information content (AvgIpc) is 2.48. The van der Waals surface area contributed by atoms with Crippen molar-refractivity contribution in [2.24, 2.45) is 5.10 Å². The summed E-state index contributed by atoms with van der Waals surface area (Å²) in [6, 6.07) is 6.94. The molecular formula is C15H18N3O2S-. The summed E-state index contributed by atoms with van der Waals surface area (Å²) in [6.07, 6.45) is 7.42. The van der Waals surface area contributed by atoms with E-state index in [2.05, 4.69) is 15.8 Å². The average molecular weight is 304 g/mol. The zero-order chi connectivity index (χ0) is 15.1. The van der Waals surface area contributed by atoms with Crippen LogP contribution in [0.4, 0.5) is 0 Å². The van der Waals surface area contributed by atoms with Gasteiger partial charge in [-0.1, -0.05) is 43.5 Å². The predicted molar refractivity (Wildman–Crippen MR) is 84.1 cm³/mol. The van der Waals surface area contributed by atoms with Gasteiger partial charge in [0.15, 0.2) is 5.11 Å². The van der Waals surface area contributed by atoms with Crippen molar-refractivity contribution < 1.29 is 9.90 Å². The Hall–Kier alpha value is -1.95. The number of carbonyl (C=O) groups is 1. The summed E-state index contributed by atoms with van der Waals surface area (Å²) in [5.74, 6) is -1.22. The Morgan fingerprint density at radius 1 is 1.29 bits per heavy atom. The van der Waals surface area contributed by atoms with E-state index >= 15 is 0 Å². The molecule has 0 saturated heterocycles. The van der Waals surface area contributed by atoms with Crippen LogP contribution in [0, 0.1) is 0 Å². The number of nitrogens with one attached hydrogen (secondary N) is 2. The second-order valence-corrected chi connectivity index (χ2v) is 5.46. The quantitative estimate of drug-likeness (QED) is 0.496. The molecule has 0 amide bonds. The second kappa shape index (κ2) is 7.73. The SMILES string of the molecule is O=C([O-])c1ccccc1/C=N\NC(=S)NC1CCCCC1. The molecule has 2 N–H and O–H groups in total. The fourth-order valence-electron chi connectivity index (χ4n) is 2.42. The first-order chi connectivity index (χ1) is 10.2. The molecular weight excluding hydrogens is 286 g/mol. The maximum atomic E-state index is 11.0. The summed E-state index contributed by atoms with van der Waals surface area (Å²) < 4.78 is 0. The minimum Gasteiger partial charge on any atom is -0.545 e. The van der Waals surface area contributed by atoms with Gasteiger partial charge in [-0.15, -0.1) is 0 Å². The smallest absolute Gasteiger partial charge is 0.187 e. The maximum absolute atomic E-state index is 11.0. The number of carboxylic acid groups (broad SMARTS) is 1. The van der Waals surface area contributed by atoms with Crippen molar-refractivity contribution in [2.45, 2.75) is 38.1 Å². The molecule has 0 radical (unpaired) electrons. The van der Waals surface area contributed by atoms with Gasteiger partial charge >= 0.3 is 0 Å². The Kier molecular flexibility index (Phi) is 5.68. The van der Waals surface area contributed by atoms with Crippen LogP contribution in [0.1, 0.15) is 48.0 Å². The highest BCUT2D eigenvalue weighted by atomic mass is 32.1. The lowest BCUT2D eigenvalue weighted by atomic mass is 9.96. The number of hydrazone groups is 1. The van der Waals surface area contributed by atoms with E-state index < -0.39 is 5.97 Å². The third kappa shape index (κ3) is 4.82. The molecule has 0 bridgehead atoms. The van der Waals surface area contributed by atoms with E-state index in [-0.39, 0.29) is 5.56 Å². The standard InChI is InChI=1S/C15H19N3O2S/c19-14(20)13-9-5-4-6-11(13)10-16-18-15(21)17-12-7-2-1-3-8-12/h4-6,9-10,12H,1-3,7-8H2,(H,19,20)(H2,17,18,21)/p-1/b16-10-. The van der Waals surface area contributed by atoms with Crippen LogP contribution < -0.4 is 15.8 Å². The zero-order valence-electron chi connectivity index (χ0n) is 11.7. The molecule has 6 heteroatoms. The number of benzene rings is 1. The topological polar surface area (TPSA) is 76.5 Å². The monoisotopic (exact) mass is 304 g/mol. The highest BCUT2D eigenvalue weighted by Crippen LogP contribution is 2.17. The molecule has 1 saturated carbocycles. The van der Waals surface area contributed by atoms with Crippen LogP contribution in [-0.2, 0) is 0 Å². The van der Waals surface area contributed by atoms with Gasteiger partial charge in [-0.05, 0) is 25.1 Å². The number of thiocarbonyl (C=S) groups is 1. The molecule has 0 unspecified atom stereocenters. The Bertz CT molecular complexity index is 539. The second-order valence-electron chi connectivity index (χ2n) is 5.05. The minimum atomic E-state index is -1.22. The van der Waals surface area contributed by atoms with Crippen LogP contribution in [0.3, 0.4) is 0 Å². The lowest BCUT2D eigenvalue weighted by Gasteiger charge is -2.23. The molecule has 1 aromatic carbocycles. The third-order valence-electron chi connectivity index (χ3n) is 3.49. The minimum absolute atomic E-state index is 0.106. The summed E-state index contributed by atoms with van der Waals surface area (Å²) in [7, 11) is 0. The number of hydrogen-bond acceptors (Lipinski definition) is 4. The predicted octanol–water partition coefficient (Wildman–Crippen LogP) is 1.18. The number of carboxylic acids is 1. The van der Waals surface area contributed by atoms with Gasteiger partial charge in [-0.3, -0.25) is 5.43 Å². The molecule has 1 fully saturated rings. The normalized spacial score (nSPS) is 15.8. The van der Waals surface area contributed by atoms with Crippen LogP contribution >= 0.6 is 12.2 Å². The van der Waals surface area contributed by atoms with Crippen LogP contribution in [0.2, 0.25) is 0 Å². The molecule has 0 atom stereocenters. The summed E-state index contributed by atoms with van der Waals surface area (Å²) in [5.41, 5.74) is 3.30. The first-order valence-electron chi connectivity index (χ1n) is 7.07. The van der Waals surface area contributed by atoms with Crippen molar-refractivity contribution in [1.82, 2.24) is 10.7 Å². The highest BCUT2D eigenvalue weighted by Gasteiger charge is 2.13. The third-order valence-corrected chi connectivity index (χ3v) is 3.70. The first-order valence-corrected chi connectivity index (χ1v) is 7.47. The Labute approximate surface area is 129 Å². The number of nitrogens with zero attached hydrogens (tertiary/aromatic N) is 1. The summed E-state index contributed by atoms with van der Waals surface area (Å²) in [6.45, 7) is 0. The molecule has 1 aliphatic rings. The lowest BCUT2D eigenvalue weighted by Crippen LogP contribution is -2.40. The number of hydrogen-bond donors (Lipinski definition) is 2. The molecule has 5 nitrogen and oxygen atoms in total. The van der Waals surface area contributed by atoms with Gasteiger partial charge in [0.2, 0.25) is 0 Å². The molecule has 2 rings (SSSR count). The van der Waals surface area contributed by atoms with Gasteiger partial charge in [0.05, 0.1) is 12.2 Å². The maximum Gasteiger partial charge on any atom is 0.187 e. The fraction of sp³-hybridized carbons (Fsp3) is 0.400. The van der Waals surface area contributed by atoms with Gasteiger partial charge in [0.25, 0.3) is 0 Å². The van der Waals surface area contributed by atoms with Gasteiger partial charge in [-0.25, -0.2) is 0 Å². The number of rotatable bonds is 4. The van der Waals surface area contributed by atoms with Crippen molar-refractivity contribution in [3.8, 4) is 0 Å². The Morgan fingerprint density at radius 2 is 2.00 bits per heavy atom. The molecule has 0 heterocycles. The van der Waals surface area contributed by atoms with Crippen molar-refractivity contribution in [1.29, 1.82) is 0 Å². The number of aromatic carboxylic acids is 1. The summed E-state index contributed by atoms with van der Waals surface area (Å²) in [4.78, 5) is 11.0. The first kappa shape index (κ1) is 15.4. The van der Waals surface area contributed by atoms with E-state index in [1.807, 2.05) is 0 Å². The van der Waals surface area contributed by atoms with Crippen LogP contribution in [0.15, 0.2) is 29.4 Å². The van der Waals surface area contributed by atoms with Crippen molar-refractivity contribution in [3.05, 3.63) is 35.4 Å². The molecule has 1 aromatic rings. The molecule has 0 spiro atoms. The van der Waals surface area contributed by atoms with E-state index in [4.69, 9.17) is 12.2 Å². The highest BCUT2D eigenvalue weighted by molar-refractivity contribution is 7.80. The molecule has 112 valence electrons. The van der Waals surface area contributed by atoms with Gasteiger partial charge in [-0.2, -0.15) is 5.10 Å². The molecule has 1 aliphatic carbocycles. The summed E-state index contributed by atoms with van der Waals surface area (Å²) >= 11 is 5.17. The van der Waals surface area contributed by atoms with Crippen molar-refractivity contribution in [2.75, 3.05) is 0 Å². The van der Waals surface area contributed by atoms with E-state index in [9.17, 15) is 9.90 Å². The van der Waals surface area contributed by atoms with E-state index in [1.54, 1.807) is 18.2 Å². The summed E-state index contributed by atoms with van der Waals surface area (Å²) in [5, 5.41) is 18.6. The fourth-order valence-corrected chi connectivity index (χ4v) is 2.64. The molecule has 21 heavy (non-hydrogen) atoms. The van der Waals surface area contributed by atoms with Crippen LogP contribution in [0.25, 0.3) is 0 Å². The van der Waals surface area contributed by atoms with Crippen LogP contribution in [-0.4, -0.2) is 23.3 Å². The Balaban J connectivity index is 1.87. The largest absolute Gasteiger partial charge is 0.545 e. The van der Waals surface area contributed by atoms with Crippen molar-refractivity contribution >= 4 is 29.5 Å². The Morgan fingerprint density at radius 3 is 2.71 bits per heavy atom. The van der Waals surface area contributed by atoms with E-state index in [1.165, 1.54) is 31.5 Å². The lowest BCUT2D eigenvalue weighted by molar-refractivity contribution is -0.255. The number of carbonyl (C=O) groups excluding carboxylic acids is 1. The van der Waals surface area contributed by atoms with E-state index in [0.717, 1.165) is 12.8 Å². The van der Waals surface area contributed by atoms with Gasteiger partial charge < -0.3 is 15.2 Å². The van der Waals surface area contributed by atoms with Gasteiger partial charge in [0.1, 0.15) is 0 Å². The van der Waals surface area contributed by atoms with Crippen molar-refractivity contribution in [3.63, 3.8) is 0 Å².